The summed E-state index contributed by atoms with van der Waals surface area (Å²) in [4.78, 5) is 21.3. The first-order chi connectivity index (χ1) is 14.2. The van der Waals surface area contributed by atoms with Crippen molar-refractivity contribution in [3.8, 4) is 5.75 Å². The van der Waals surface area contributed by atoms with Gasteiger partial charge in [0, 0.05) is 38.1 Å². The molecule has 0 atom stereocenters. The molecule has 1 amide bonds. The third-order valence-corrected chi connectivity index (χ3v) is 5.05. The number of piperazine rings is 1. The van der Waals surface area contributed by atoms with Gasteiger partial charge in [-0.2, -0.15) is 0 Å². The van der Waals surface area contributed by atoms with E-state index in [0.29, 0.717) is 12.1 Å². The molecule has 7 nitrogen and oxygen atoms in total. The summed E-state index contributed by atoms with van der Waals surface area (Å²) in [6.45, 7) is 3.95. The van der Waals surface area contributed by atoms with E-state index in [-0.39, 0.29) is 5.91 Å². The Morgan fingerprint density at radius 2 is 1.83 bits per heavy atom. The normalized spacial score (nSPS) is 14.0. The standard InChI is InChI=1S/C22H24N4O3/c1-28-19-7-5-18(6-8-19)25-10-12-26(13-11-25)21-9-4-17(15-23-21)22(27)24-16-20-3-2-14-29-20/h2-9,14-15H,10-13,16H2,1H3,(H,24,27). The van der Waals surface area contributed by atoms with E-state index < -0.39 is 0 Å². The summed E-state index contributed by atoms with van der Waals surface area (Å²) in [6.07, 6.45) is 3.22. The van der Waals surface area contributed by atoms with Crippen molar-refractivity contribution in [1.29, 1.82) is 0 Å². The van der Waals surface area contributed by atoms with E-state index >= 15 is 0 Å². The first-order valence-corrected chi connectivity index (χ1v) is 9.63. The van der Waals surface area contributed by atoms with Crippen LogP contribution in [-0.4, -0.2) is 44.2 Å². The number of carbonyl (C=O) groups excluding carboxylic acids is 1. The smallest absolute Gasteiger partial charge is 0.253 e. The Bertz CT molecular complexity index is 916. The van der Waals surface area contributed by atoms with Gasteiger partial charge in [0.15, 0.2) is 0 Å². The van der Waals surface area contributed by atoms with Gasteiger partial charge >= 0.3 is 0 Å². The minimum Gasteiger partial charge on any atom is -0.497 e. The molecular formula is C22H24N4O3. The molecule has 1 N–H and O–H groups in total. The van der Waals surface area contributed by atoms with Gasteiger partial charge < -0.3 is 24.3 Å². The third kappa shape index (κ3) is 4.51. The number of pyridine rings is 1. The maximum Gasteiger partial charge on any atom is 0.253 e. The fourth-order valence-electron chi connectivity index (χ4n) is 3.38. The van der Waals surface area contributed by atoms with E-state index in [1.54, 1.807) is 25.6 Å². The molecule has 3 aromatic rings. The third-order valence-electron chi connectivity index (χ3n) is 5.05. The zero-order valence-corrected chi connectivity index (χ0v) is 16.4. The molecule has 1 aliphatic rings. The van der Waals surface area contributed by atoms with E-state index in [1.165, 1.54) is 5.69 Å². The predicted octanol–water partition coefficient (Wildman–Crippen LogP) is 2.94. The highest BCUT2D eigenvalue weighted by Gasteiger charge is 2.19. The number of hydrogen-bond donors (Lipinski definition) is 1. The van der Waals surface area contributed by atoms with Crippen molar-refractivity contribution in [3.63, 3.8) is 0 Å². The molecule has 29 heavy (non-hydrogen) atoms. The van der Waals surface area contributed by atoms with Crippen molar-refractivity contribution >= 4 is 17.4 Å². The highest BCUT2D eigenvalue weighted by Crippen LogP contribution is 2.22. The molecule has 4 rings (SSSR count). The summed E-state index contributed by atoms with van der Waals surface area (Å²) in [7, 11) is 1.68. The number of hydrogen-bond acceptors (Lipinski definition) is 6. The van der Waals surface area contributed by atoms with E-state index in [1.807, 2.05) is 30.3 Å². The van der Waals surface area contributed by atoms with Crippen molar-refractivity contribution in [1.82, 2.24) is 10.3 Å². The zero-order chi connectivity index (χ0) is 20.1. The highest BCUT2D eigenvalue weighted by atomic mass is 16.5. The summed E-state index contributed by atoms with van der Waals surface area (Å²) in [6, 6.07) is 15.5. The van der Waals surface area contributed by atoms with Crippen LogP contribution in [-0.2, 0) is 6.54 Å². The van der Waals surface area contributed by atoms with Gasteiger partial charge in [-0.3, -0.25) is 4.79 Å². The number of carbonyl (C=O) groups is 1. The molecular weight excluding hydrogens is 368 g/mol. The Hall–Kier alpha value is -3.48. The minimum atomic E-state index is -0.162. The van der Waals surface area contributed by atoms with Crippen LogP contribution in [0.15, 0.2) is 65.4 Å². The topological polar surface area (TPSA) is 70.8 Å². The molecule has 0 unspecified atom stereocenters. The maximum atomic E-state index is 12.3. The van der Waals surface area contributed by atoms with Crippen molar-refractivity contribution < 1.29 is 13.9 Å². The van der Waals surface area contributed by atoms with E-state index in [0.717, 1.165) is 43.5 Å². The first-order valence-electron chi connectivity index (χ1n) is 9.63. The lowest BCUT2D eigenvalue weighted by Gasteiger charge is -2.36. The number of amides is 1. The summed E-state index contributed by atoms with van der Waals surface area (Å²) in [5, 5.41) is 2.83. The van der Waals surface area contributed by atoms with E-state index in [4.69, 9.17) is 9.15 Å². The molecule has 0 radical (unpaired) electrons. The van der Waals surface area contributed by atoms with Crippen molar-refractivity contribution in [2.24, 2.45) is 0 Å². The lowest BCUT2D eigenvalue weighted by Crippen LogP contribution is -2.46. The van der Waals surface area contributed by atoms with Gasteiger partial charge in [-0.05, 0) is 48.5 Å². The second kappa shape index (κ2) is 8.68. The molecule has 7 heteroatoms. The molecule has 1 saturated heterocycles. The number of rotatable bonds is 6. The Balaban J connectivity index is 1.31. The van der Waals surface area contributed by atoms with Crippen LogP contribution in [0.3, 0.4) is 0 Å². The Morgan fingerprint density at radius 3 is 2.45 bits per heavy atom. The molecule has 0 aliphatic carbocycles. The number of furan rings is 1. The largest absolute Gasteiger partial charge is 0.497 e. The fourth-order valence-corrected chi connectivity index (χ4v) is 3.38. The summed E-state index contributed by atoms with van der Waals surface area (Å²) in [5.74, 6) is 2.31. The number of benzene rings is 1. The fraction of sp³-hybridized carbons (Fsp3) is 0.273. The molecule has 150 valence electrons. The number of anilines is 2. The maximum absolute atomic E-state index is 12.3. The number of nitrogens with zero attached hydrogens (tertiary/aromatic N) is 3. The van der Waals surface area contributed by atoms with Gasteiger partial charge in [0.1, 0.15) is 17.3 Å². The molecule has 0 spiro atoms. The van der Waals surface area contributed by atoms with Crippen LogP contribution in [0.2, 0.25) is 0 Å². The molecule has 2 aromatic heterocycles. The Morgan fingerprint density at radius 1 is 1.07 bits per heavy atom. The highest BCUT2D eigenvalue weighted by molar-refractivity contribution is 5.94. The first kappa shape index (κ1) is 18.9. The van der Waals surface area contributed by atoms with Crippen molar-refractivity contribution in [2.45, 2.75) is 6.54 Å². The summed E-state index contributed by atoms with van der Waals surface area (Å²) < 4.78 is 10.4. The van der Waals surface area contributed by atoms with Gasteiger partial charge in [-0.1, -0.05) is 0 Å². The van der Waals surface area contributed by atoms with Gasteiger partial charge in [-0.25, -0.2) is 4.98 Å². The van der Waals surface area contributed by atoms with Crippen LogP contribution in [0, 0.1) is 0 Å². The predicted molar refractivity (Wildman–Crippen MR) is 112 cm³/mol. The van der Waals surface area contributed by atoms with E-state index in [9.17, 15) is 4.79 Å². The minimum absolute atomic E-state index is 0.162. The monoisotopic (exact) mass is 392 g/mol. The average Bonchev–Trinajstić information content (AvgIpc) is 3.31. The molecule has 3 heterocycles. The Kier molecular flexibility index (Phi) is 5.65. The molecule has 1 fully saturated rings. The average molecular weight is 392 g/mol. The van der Waals surface area contributed by atoms with Gasteiger partial charge in [0.05, 0.1) is 25.5 Å². The number of aromatic nitrogens is 1. The molecule has 0 saturated carbocycles. The summed E-state index contributed by atoms with van der Waals surface area (Å²) in [5.41, 5.74) is 1.74. The number of ether oxygens (including phenoxy) is 1. The van der Waals surface area contributed by atoms with Gasteiger partial charge in [0.25, 0.3) is 5.91 Å². The van der Waals surface area contributed by atoms with Crippen LogP contribution in [0.5, 0.6) is 5.75 Å². The zero-order valence-electron chi connectivity index (χ0n) is 16.4. The van der Waals surface area contributed by atoms with Crippen LogP contribution in [0.4, 0.5) is 11.5 Å². The van der Waals surface area contributed by atoms with Crippen molar-refractivity contribution in [2.75, 3.05) is 43.1 Å². The van der Waals surface area contributed by atoms with Crippen molar-refractivity contribution in [3.05, 3.63) is 72.3 Å². The van der Waals surface area contributed by atoms with Crippen LogP contribution in [0.25, 0.3) is 0 Å². The lowest BCUT2D eigenvalue weighted by atomic mass is 10.2. The SMILES string of the molecule is COc1ccc(N2CCN(c3ccc(C(=O)NCc4ccco4)cn3)CC2)cc1. The van der Waals surface area contributed by atoms with Crippen LogP contribution in [0.1, 0.15) is 16.1 Å². The number of nitrogens with one attached hydrogen (secondary N) is 1. The molecule has 0 bridgehead atoms. The van der Waals surface area contributed by atoms with Gasteiger partial charge in [0.2, 0.25) is 0 Å². The second-order valence-electron chi connectivity index (χ2n) is 6.84. The second-order valence-corrected chi connectivity index (χ2v) is 6.84. The van der Waals surface area contributed by atoms with Gasteiger partial charge in [-0.15, -0.1) is 0 Å². The number of methoxy groups -OCH3 is 1. The Labute approximate surface area is 169 Å². The van der Waals surface area contributed by atoms with E-state index in [2.05, 4.69) is 32.2 Å². The molecule has 1 aromatic carbocycles. The quantitative estimate of drug-likeness (QED) is 0.696. The van der Waals surface area contributed by atoms with Crippen LogP contribution < -0.4 is 19.9 Å². The summed E-state index contributed by atoms with van der Waals surface area (Å²) >= 11 is 0. The van der Waals surface area contributed by atoms with Crippen LogP contribution >= 0.6 is 0 Å². The lowest BCUT2D eigenvalue weighted by molar-refractivity contribution is 0.0947. The molecule has 1 aliphatic heterocycles.